The molecule has 61 heavy (non-hydrogen) atoms. The zero-order valence-electron chi connectivity index (χ0n) is 35.4. The molecular weight excluding hydrogens is 765 g/mol. The lowest BCUT2D eigenvalue weighted by atomic mass is 9.96. The van der Waals surface area contributed by atoms with E-state index in [-0.39, 0.29) is 41.5 Å². The third-order valence-corrected chi connectivity index (χ3v) is 12.9. The van der Waals surface area contributed by atoms with Crippen LogP contribution in [0.1, 0.15) is 114 Å². The number of hydrogen-bond acceptors (Lipinski definition) is 6. The predicted molar refractivity (Wildman–Crippen MR) is 235 cm³/mol. The van der Waals surface area contributed by atoms with E-state index in [9.17, 15) is 24.3 Å². The molecular formula is C50H60N6O5. The molecule has 2 saturated carbocycles. The maximum absolute atomic E-state index is 13.4. The van der Waals surface area contributed by atoms with Crippen LogP contribution in [0.25, 0.3) is 22.4 Å². The van der Waals surface area contributed by atoms with Gasteiger partial charge in [0.05, 0.1) is 30.1 Å². The highest BCUT2D eigenvalue weighted by Crippen LogP contribution is 2.39. The fourth-order valence-corrected chi connectivity index (χ4v) is 8.71. The van der Waals surface area contributed by atoms with Crippen LogP contribution in [-0.2, 0) is 25.6 Å². The van der Waals surface area contributed by atoms with Crippen LogP contribution in [0.15, 0.2) is 96.7 Å². The fourth-order valence-electron chi connectivity index (χ4n) is 8.71. The van der Waals surface area contributed by atoms with Crippen LogP contribution in [0.2, 0.25) is 0 Å². The van der Waals surface area contributed by atoms with Crippen LogP contribution in [-0.4, -0.2) is 68.3 Å². The molecule has 3 aliphatic carbocycles. The molecule has 320 valence electrons. The molecule has 8 rings (SSSR count). The molecule has 3 aromatic carbocycles. The first-order valence-electron chi connectivity index (χ1n) is 22.5. The van der Waals surface area contributed by atoms with E-state index in [0.29, 0.717) is 31.7 Å². The van der Waals surface area contributed by atoms with Gasteiger partial charge in [0.15, 0.2) is 0 Å². The van der Waals surface area contributed by atoms with Gasteiger partial charge in [0.1, 0.15) is 17.9 Å². The Kier molecular flexibility index (Phi) is 13.1. The second-order valence-electron chi connectivity index (χ2n) is 17.6. The summed E-state index contributed by atoms with van der Waals surface area (Å²) < 4.78 is 0. The number of unbranched alkanes of at least 4 members (excludes halogenated alkanes) is 1. The van der Waals surface area contributed by atoms with Gasteiger partial charge in [-0.05, 0) is 105 Å². The highest BCUT2D eigenvalue weighted by atomic mass is 16.3. The summed E-state index contributed by atoms with van der Waals surface area (Å²) in [4.78, 5) is 61.6. The Morgan fingerprint density at radius 1 is 0.787 bits per heavy atom. The molecule has 6 unspecified atom stereocenters. The van der Waals surface area contributed by atoms with Crippen LogP contribution < -0.4 is 16.0 Å². The summed E-state index contributed by atoms with van der Waals surface area (Å²) in [5.74, 6) is 1.19. The number of aromatic amines is 1. The topological polar surface area (TPSA) is 157 Å². The lowest BCUT2D eigenvalue weighted by Gasteiger charge is -2.29. The van der Waals surface area contributed by atoms with Gasteiger partial charge >= 0.3 is 0 Å². The molecule has 4 amide bonds. The molecule has 5 N–H and O–H groups in total. The number of nitrogens with zero attached hydrogens (tertiary/aromatic N) is 2. The Balaban J connectivity index is 0.764. The number of hydrogen-bond donors (Lipinski definition) is 5. The zero-order valence-corrected chi connectivity index (χ0v) is 35.4. The normalized spacial score (nSPS) is 20.2. The van der Waals surface area contributed by atoms with Gasteiger partial charge in [-0.2, -0.15) is 0 Å². The first-order valence-corrected chi connectivity index (χ1v) is 22.5. The van der Waals surface area contributed by atoms with E-state index in [1.165, 1.54) is 5.57 Å². The quantitative estimate of drug-likeness (QED) is 0.0459. The van der Waals surface area contributed by atoms with E-state index < -0.39 is 24.2 Å². The first kappa shape index (κ1) is 42.2. The third kappa shape index (κ3) is 10.7. The van der Waals surface area contributed by atoms with Gasteiger partial charge in [-0.15, -0.1) is 0 Å². The van der Waals surface area contributed by atoms with Crippen molar-refractivity contribution in [3.05, 3.63) is 114 Å². The van der Waals surface area contributed by atoms with E-state index in [2.05, 4.69) is 68.4 Å². The van der Waals surface area contributed by atoms with Crippen molar-refractivity contribution in [2.45, 2.75) is 121 Å². The van der Waals surface area contributed by atoms with E-state index in [1.54, 1.807) is 4.90 Å². The van der Waals surface area contributed by atoms with Crippen molar-refractivity contribution in [3.8, 4) is 22.4 Å². The SMILES string of the molecule is CCC(NC(=O)C1CC1)C(=O)N1CCCC1C(=O)NC(C)c1ccc(-c2ccc(-c3cnc(CCCCC4C=C4CC(O)C(NC(=O)C4CC4)c4ccccc4)[nH]3)cc2)cc1. The summed E-state index contributed by atoms with van der Waals surface area (Å²) in [5, 5.41) is 20.3. The minimum atomic E-state index is -0.656. The van der Waals surface area contributed by atoms with Crippen LogP contribution in [0.5, 0.6) is 0 Å². The van der Waals surface area contributed by atoms with E-state index in [1.807, 2.05) is 62.5 Å². The lowest BCUT2D eigenvalue weighted by Crippen LogP contribution is -2.53. The number of amides is 4. The number of allylic oxidation sites excluding steroid dienone is 1. The molecule has 0 spiro atoms. The number of aryl methyl sites for hydroxylation is 1. The van der Waals surface area contributed by atoms with Crippen molar-refractivity contribution in [2.24, 2.45) is 17.8 Å². The molecule has 6 atom stereocenters. The van der Waals surface area contributed by atoms with Gasteiger partial charge in [0, 0.05) is 24.8 Å². The van der Waals surface area contributed by atoms with Crippen molar-refractivity contribution in [1.29, 1.82) is 0 Å². The third-order valence-electron chi connectivity index (χ3n) is 12.9. The number of nitrogens with one attached hydrogen (secondary N) is 4. The summed E-state index contributed by atoms with van der Waals surface area (Å²) in [7, 11) is 0. The van der Waals surface area contributed by atoms with Crippen LogP contribution >= 0.6 is 0 Å². The summed E-state index contributed by atoms with van der Waals surface area (Å²) in [6.45, 7) is 4.37. The maximum atomic E-state index is 13.4. The Morgan fingerprint density at radius 3 is 2.11 bits per heavy atom. The average Bonchev–Trinajstić information content (AvgIpc) is 4.25. The van der Waals surface area contributed by atoms with Crippen molar-refractivity contribution in [2.75, 3.05) is 6.54 Å². The number of rotatable bonds is 20. The first-order chi connectivity index (χ1) is 29.6. The number of benzene rings is 3. The molecule has 11 heteroatoms. The molecule has 1 aromatic heterocycles. The van der Waals surface area contributed by atoms with Crippen molar-refractivity contribution in [3.63, 3.8) is 0 Å². The number of aliphatic hydroxyl groups is 1. The predicted octanol–water partition coefficient (Wildman–Crippen LogP) is 7.50. The number of aliphatic hydroxyl groups excluding tert-OH is 1. The minimum absolute atomic E-state index is 0.0268. The Morgan fingerprint density at radius 2 is 1.44 bits per heavy atom. The van der Waals surface area contributed by atoms with E-state index in [0.717, 1.165) is 97.1 Å². The maximum Gasteiger partial charge on any atom is 0.245 e. The molecule has 0 bridgehead atoms. The van der Waals surface area contributed by atoms with Crippen molar-refractivity contribution < 1.29 is 24.3 Å². The monoisotopic (exact) mass is 824 g/mol. The number of carbonyl (C=O) groups is 4. The van der Waals surface area contributed by atoms with Crippen LogP contribution in [0.3, 0.4) is 0 Å². The van der Waals surface area contributed by atoms with Gasteiger partial charge < -0.3 is 30.9 Å². The molecule has 0 radical (unpaired) electrons. The number of H-pyrrole nitrogens is 1. The Labute approximate surface area is 359 Å². The Bertz CT molecular complexity index is 2190. The van der Waals surface area contributed by atoms with Gasteiger partial charge in [-0.1, -0.05) is 104 Å². The number of imidazole rings is 1. The zero-order chi connectivity index (χ0) is 42.5. The molecule has 2 heterocycles. The second-order valence-corrected chi connectivity index (χ2v) is 17.6. The Hall–Kier alpha value is -5.55. The van der Waals surface area contributed by atoms with Gasteiger partial charge in [-0.3, -0.25) is 19.2 Å². The minimum Gasteiger partial charge on any atom is -0.390 e. The second kappa shape index (κ2) is 19.0. The average molecular weight is 825 g/mol. The summed E-state index contributed by atoms with van der Waals surface area (Å²) in [6.07, 6.45) is 13.6. The van der Waals surface area contributed by atoms with Crippen molar-refractivity contribution in [1.82, 2.24) is 30.8 Å². The fraction of sp³-hybridized carbons (Fsp3) is 0.460. The van der Waals surface area contributed by atoms with Gasteiger partial charge in [-0.25, -0.2) is 4.98 Å². The van der Waals surface area contributed by atoms with Crippen LogP contribution in [0.4, 0.5) is 0 Å². The highest BCUT2D eigenvalue weighted by Gasteiger charge is 2.39. The smallest absolute Gasteiger partial charge is 0.245 e. The summed E-state index contributed by atoms with van der Waals surface area (Å²) >= 11 is 0. The number of likely N-dealkylation sites (tertiary alicyclic amines) is 1. The molecule has 1 saturated heterocycles. The lowest BCUT2D eigenvalue weighted by molar-refractivity contribution is -0.141. The van der Waals surface area contributed by atoms with E-state index >= 15 is 0 Å². The molecule has 3 fully saturated rings. The molecule has 4 aromatic rings. The summed E-state index contributed by atoms with van der Waals surface area (Å²) in [6, 6.07) is 24.7. The number of carbonyl (C=O) groups excluding carboxylic acids is 4. The van der Waals surface area contributed by atoms with Crippen LogP contribution in [0, 0.1) is 17.8 Å². The molecule has 11 nitrogen and oxygen atoms in total. The molecule has 1 aliphatic heterocycles. The van der Waals surface area contributed by atoms with E-state index in [4.69, 9.17) is 0 Å². The highest BCUT2D eigenvalue weighted by molar-refractivity contribution is 5.93. The summed E-state index contributed by atoms with van der Waals surface area (Å²) in [5.41, 5.74) is 7.42. The largest absolute Gasteiger partial charge is 0.390 e. The van der Waals surface area contributed by atoms with Gasteiger partial charge in [0.25, 0.3) is 0 Å². The standard InChI is InChI=1S/C50H60N6O5/c1-3-41(54-47(58)37-23-24-37)50(61)56-27-9-13-43(56)49(60)52-31(2)32-15-17-33(18-16-32)34-19-21-35(22-20-34)42-30-51-45(53-42)14-8-7-12-39-28-40(39)29-44(57)46(36-10-5-4-6-11-36)55-48(59)38-25-26-38/h4-6,10-11,15-22,28,30-31,37-39,41,43-44,46,57H,3,7-9,12-14,23-27,29H2,1-2H3,(H,51,53)(H,52,60)(H,54,58)(H,55,59). The van der Waals surface area contributed by atoms with Crippen molar-refractivity contribution >= 4 is 23.6 Å². The number of aromatic nitrogens is 2. The molecule has 4 aliphatic rings. The van der Waals surface area contributed by atoms with Gasteiger partial charge in [0.2, 0.25) is 23.6 Å².